The van der Waals surface area contributed by atoms with Crippen LogP contribution in [0.3, 0.4) is 0 Å². The predicted molar refractivity (Wildman–Crippen MR) is 94.1 cm³/mol. The van der Waals surface area contributed by atoms with Crippen molar-refractivity contribution < 1.29 is 14.3 Å². The fourth-order valence-electron chi connectivity index (χ4n) is 2.37. The molecule has 0 saturated heterocycles. The molecular formula is C18H18N2O3S. The fourth-order valence-corrected chi connectivity index (χ4v) is 3.16. The number of thioether (sulfide) groups is 1. The van der Waals surface area contributed by atoms with Gasteiger partial charge in [-0.05, 0) is 29.7 Å². The Hall–Kier alpha value is -2.47. The molecule has 0 aromatic heterocycles. The van der Waals surface area contributed by atoms with Crippen molar-refractivity contribution in [1.82, 2.24) is 5.32 Å². The lowest BCUT2D eigenvalue weighted by molar-refractivity contribution is -0.113. The van der Waals surface area contributed by atoms with Crippen molar-refractivity contribution >= 4 is 29.4 Å². The lowest BCUT2D eigenvalue weighted by Gasteiger charge is -2.17. The fraction of sp³-hybridized carbons (Fsp3) is 0.222. The second kappa shape index (κ2) is 7.88. The highest BCUT2D eigenvalue weighted by Crippen LogP contribution is 2.31. The number of alkyl carbamates (subject to hydrolysis) is 1. The van der Waals surface area contributed by atoms with Gasteiger partial charge in [0.2, 0.25) is 5.91 Å². The van der Waals surface area contributed by atoms with Crippen molar-refractivity contribution in [3.8, 4) is 0 Å². The van der Waals surface area contributed by atoms with Gasteiger partial charge in [-0.15, -0.1) is 11.8 Å². The second-order valence-electron chi connectivity index (χ2n) is 5.41. The highest BCUT2D eigenvalue weighted by molar-refractivity contribution is 8.00. The molecule has 1 aliphatic heterocycles. The SMILES string of the molecule is O=C1CSc2ccc(CCNC(=O)OCc3ccccc3)cc2N1. The highest BCUT2D eigenvalue weighted by Gasteiger charge is 2.15. The summed E-state index contributed by atoms with van der Waals surface area (Å²) < 4.78 is 5.16. The van der Waals surface area contributed by atoms with E-state index in [0.29, 0.717) is 18.7 Å². The third-order valence-electron chi connectivity index (χ3n) is 3.57. The first kappa shape index (κ1) is 16.4. The summed E-state index contributed by atoms with van der Waals surface area (Å²) in [6.45, 7) is 0.738. The predicted octanol–water partition coefficient (Wildman–Crippen LogP) is 3.20. The molecule has 2 N–H and O–H groups in total. The van der Waals surface area contributed by atoms with E-state index in [1.54, 1.807) is 0 Å². The number of anilines is 1. The van der Waals surface area contributed by atoms with Crippen molar-refractivity contribution in [3.05, 3.63) is 59.7 Å². The zero-order chi connectivity index (χ0) is 16.8. The van der Waals surface area contributed by atoms with Crippen LogP contribution in [-0.2, 0) is 22.6 Å². The van der Waals surface area contributed by atoms with E-state index in [1.165, 1.54) is 11.8 Å². The first-order valence-corrected chi connectivity index (χ1v) is 8.69. The van der Waals surface area contributed by atoms with Crippen LogP contribution < -0.4 is 10.6 Å². The normalized spacial score (nSPS) is 12.9. The molecule has 1 heterocycles. The average molecular weight is 342 g/mol. The van der Waals surface area contributed by atoms with Crippen LogP contribution in [0.2, 0.25) is 0 Å². The van der Waals surface area contributed by atoms with Gasteiger partial charge in [-0.25, -0.2) is 4.79 Å². The van der Waals surface area contributed by atoms with E-state index in [2.05, 4.69) is 10.6 Å². The van der Waals surface area contributed by atoms with E-state index in [1.807, 2.05) is 48.5 Å². The van der Waals surface area contributed by atoms with Gasteiger partial charge in [0.25, 0.3) is 0 Å². The van der Waals surface area contributed by atoms with Gasteiger partial charge in [0.05, 0.1) is 11.4 Å². The molecule has 1 aliphatic rings. The van der Waals surface area contributed by atoms with Gasteiger partial charge < -0.3 is 15.4 Å². The number of benzene rings is 2. The Morgan fingerprint density at radius 2 is 2.00 bits per heavy atom. The van der Waals surface area contributed by atoms with Gasteiger partial charge >= 0.3 is 6.09 Å². The Morgan fingerprint density at radius 1 is 1.17 bits per heavy atom. The van der Waals surface area contributed by atoms with Gasteiger partial charge in [0.1, 0.15) is 6.61 Å². The van der Waals surface area contributed by atoms with Gasteiger partial charge in [0, 0.05) is 11.4 Å². The maximum atomic E-state index is 11.7. The zero-order valence-electron chi connectivity index (χ0n) is 13.1. The van der Waals surface area contributed by atoms with Crippen molar-refractivity contribution in [1.29, 1.82) is 0 Å². The third-order valence-corrected chi connectivity index (χ3v) is 4.65. The van der Waals surface area contributed by atoms with Crippen LogP contribution in [0.1, 0.15) is 11.1 Å². The van der Waals surface area contributed by atoms with Crippen LogP contribution in [-0.4, -0.2) is 24.3 Å². The summed E-state index contributed by atoms with van der Waals surface area (Å²) in [6, 6.07) is 15.5. The van der Waals surface area contributed by atoms with Crippen LogP contribution in [0.25, 0.3) is 0 Å². The van der Waals surface area contributed by atoms with Crippen LogP contribution >= 0.6 is 11.8 Å². The molecule has 2 aromatic rings. The Labute approximate surface area is 144 Å². The lowest BCUT2D eigenvalue weighted by atomic mass is 10.1. The number of fused-ring (bicyclic) bond motifs is 1. The van der Waals surface area contributed by atoms with E-state index >= 15 is 0 Å². The molecule has 0 bridgehead atoms. The smallest absolute Gasteiger partial charge is 0.407 e. The van der Waals surface area contributed by atoms with Gasteiger partial charge in [-0.3, -0.25) is 4.79 Å². The molecule has 0 aliphatic carbocycles. The summed E-state index contributed by atoms with van der Waals surface area (Å²) in [5.41, 5.74) is 2.86. The molecule has 2 aromatic carbocycles. The van der Waals surface area contributed by atoms with E-state index in [-0.39, 0.29) is 12.5 Å². The summed E-state index contributed by atoms with van der Waals surface area (Å²) in [6.07, 6.45) is 0.245. The molecule has 0 saturated carbocycles. The zero-order valence-corrected chi connectivity index (χ0v) is 13.9. The molecule has 0 spiro atoms. The first-order chi connectivity index (χ1) is 11.7. The third kappa shape index (κ3) is 4.52. The quantitative estimate of drug-likeness (QED) is 0.876. The Kier molecular flexibility index (Phi) is 5.38. The van der Waals surface area contributed by atoms with E-state index in [9.17, 15) is 9.59 Å². The van der Waals surface area contributed by atoms with E-state index in [0.717, 1.165) is 21.7 Å². The molecule has 24 heavy (non-hydrogen) atoms. The number of rotatable bonds is 5. The number of carbonyl (C=O) groups excluding carboxylic acids is 2. The van der Waals surface area contributed by atoms with Crippen LogP contribution in [0.5, 0.6) is 0 Å². The maximum Gasteiger partial charge on any atom is 0.407 e. The van der Waals surface area contributed by atoms with Crippen LogP contribution in [0.15, 0.2) is 53.4 Å². The summed E-state index contributed by atoms with van der Waals surface area (Å²) in [5.74, 6) is 0.480. The molecule has 0 unspecified atom stereocenters. The number of ether oxygens (including phenoxy) is 1. The number of nitrogens with one attached hydrogen (secondary N) is 2. The van der Waals surface area contributed by atoms with Gasteiger partial charge in [-0.2, -0.15) is 0 Å². The second-order valence-corrected chi connectivity index (χ2v) is 6.42. The molecule has 0 radical (unpaired) electrons. The largest absolute Gasteiger partial charge is 0.445 e. The summed E-state index contributed by atoms with van der Waals surface area (Å²) in [5, 5.41) is 5.60. The molecule has 5 nitrogen and oxygen atoms in total. The van der Waals surface area contributed by atoms with Crippen LogP contribution in [0.4, 0.5) is 10.5 Å². The molecule has 0 atom stereocenters. The topological polar surface area (TPSA) is 67.4 Å². The average Bonchev–Trinajstić information content (AvgIpc) is 2.60. The van der Waals surface area contributed by atoms with Crippen molar-refractivity contribution in [2.24, 2.45) is 0 Å². The first-order valence-electron chi connectivity index (χ1n) is 7.71. The number of amides is 2. The van der Waals surface area contributed by atoms with E-state index in [4.69, 9.17) is 4.74 Å². The Bertz CT molecular complexity index is 734. The summed E-state index contributed by atoms with van der Waals surface area (Å²) >= 11 is 1.54. The van der Waals surface area contributed by atoms with Crippen molar-refractivity contribution in [2.75, 3.05) is 17.6 Å². The number of hydrogen-bond donors (Lipinski definition) is 2. The molecule has 2 amide bonds. The van der Waals surface area contributed by atoms with Gasteiger partial charge in [-0.1, -0.05) is 36.4 Å². The highest BCUT2D eigenvalue weighted by atomic mass is 32.2. The summed E-state index contributed by atoms with van der Waals surface area (Å²) in [7, 11) is 0. The minimum Gasteiger partial charge on any atom is -0.445 e. The Morgan fingerprint density at radius 3 is 2.83 bits per heavy atom. The monoisotopic (exact) mass is 342 g/mol. The Balaban J connectivity index is 1.44. The molecular weight excluding hydrogens is 324 g/mol. The standard InChI is InChI=1S/C18H18N2O3S/c21-17-12-24-16-7-6-13(10-15(16)20-17)8-9-19-18(22)23-11-14-4-2-1-3-5-14/h1-7,10H,8-9,11-12H2,(H,19,22)(H,20,21). The molecule has 0 fully saturated rings. The minimum atomic E-state index is -0.430. The van der Waals surface area contributed by atoms with E-state index < -0.39 is 6.09 Å². The van der Waals surface area contributed by atoms with Crippen molar-refractivity contribution in [2.45, 2.75) is 17.9 Å². The van der Waals surface area contributed by atoms with Crippen LogP contribution in [0, 0.1) is 0 Å². The number of hydrogen-bond acceptors (Lipinski definition) is 4. The maximum absolute atomic E-state index is 11.7. The summed E-state index contributed by atoms with van der Waals surface area (Å²) in [4.78, 5) is 24.2. The minimum absolute atomic E-state index is 0.0206. The molecule has 6 heteroatoms. The lowest BCUT2D eigenvalue weighted by Crippen LogP contribution is -2.26. The number of carbonyl (C=O) groups is 2. The molecule has 3 rings (SSSR count). The van der Waals surface area contributed by atoms with Crippen molar-refractivity contribution in [3.63, 3.8) is 0 Å². The molecule has 124 valence electrons. The van der Waals surface area contributed by atoms with Gasteiger partial charge in [0.15, 0.2) is 0 Å².